The van der Waals surface area contributed by atoms with E-state index in [0.717, 1.165) is 0 Å². The van der Waals surface area contributed by atoms with E-state index >= 15 is 0 Å². The zero-order valence-electron chi connectivity index (χ0n) is 13.2. The smallest absolute Gasteiger partial charge is 0.342 e. The molecule has 8 nitrogen and oxygen atoms in total. The van der Waals surface area contributed by atoms with Gasteiger partial charge in [0.15, 0.2) is 0 Å². The minimum Gasteiger partial charge on any atom is -0.465 e. The number of hydrogen-bond donors (Lipinski definition) is 4. The van der Waals surface area contributed by atoms with Crippen LogP contribution in [0.25, 0.3) is 0 Å². The first-order valence-electron chi connectivity index (χ1n) is 7.38. The fraction of sp³-hybridized carbons (Fsp3) is 0.667. The van der Waals surface area contributed by atoms with Gasteiger partial charge >= 0.3 is 5.97 Å². The number of allylic oxidation sites excluding steroid dienone is 1. The van der Waals surface area contributed by atoms with Gasteiger partial charge in [0.1, 0.15) is 35.9 Å². The summed E-state index contributed by atoms with van der Waals surface area (Å²) >= 11 is 0. The van der Waals surface area contributed by atoms with Crippen LogP contribution in [0.2, 0.25) is 0 Å². The average Bonchev–Trinajstić information content (AvgIpc) is 2.54. The van der Waals surface area contributed by atoms with Gasteiger partial charge in [0.2, 0.25) is 6.29 Å². The zero-order chi connectivity index (χ0) is 17.3. The Bertz CT molecular complexity index is 524. The lowest BCUT2D eigenvalue weighted by Crippen LogP contribution is -2.59. The summed E-state index contributed by atoms with van der Waals surface area (Å²) in [5.74, 6) is -0.306. The molecule has 2 aliphatic heterocycles. The molecule has 0 aliphatic carbocycles. The Morgan fingerprint density at radius 1 is 1.22 bits per heavy atom. The molecule has 0 aromatic carbocycles. The van der Waals surface area contributed by atoms with Gasteiger partial charge in [-0.15, -0.1) is 0 Å². The van der Waals surface area contributed by atoms with Crippen LogP contribution in [0.5, 0.6) is 0 Å². The van der Waals surface area contributed by atoms with Crippen molar-refractivity contribution in [2.75, 3.05) is 6.61 Å². The number of ether oxygens (including phenoxy) is 3. The van der Waals surface area contributed by atoms with E-state index in [1.54, 1.807) is 19.9 Å². The quantitative estimate of drug-likeness (QED) is 0.494. The minimum atomic E-state index is -1.54. The molecule has 0 aromatic heterocycles. The lowest BCUT2D eigenvalue weighted by Gasteiger charge is -2.41. The molecule has 0 unspecified atom stereocenters. The lowest BCUT2D eigenvalue weighted by atomic mass is 9.98. The highest BCUT2D eigenvalue weighted by molar-refractivity contribution is 5.90. The van der Waals surface area contributed by atoms with E-state index in [1.165, 1.54) is 6.92 Å². The van der Waals surface area contributed by atoms with Crippen LogP contribution in [0.15, 0.2) is 23.2 Å². The summed E-state index contributed by atoms with van der Waals surface area (Å²) in [6, 6.07) is 0. The van der Waals surface area contributed by atoms with Crippen LogP contribution in [-0.4, -0.2) is 63.7 Å². The maximum Gasteiger partial charge on any atom is 0.342 e. The SMILES string of the molecule is CC=C1OC(=O)C(C)=C(O[C@@H]2O[C@H](CO)[C@@H](O)[C@H](O)[C@H]2O)[C@@H]1C. The molecule has 1 fully saturated rings. The van der Waals surface area contributed by atoms with Gasteiger partial charge in [-0.25, -0.2) is 4.79 Å². The summed E-state index contributed by atoms with van der Waals surface area (Å²) < 4.78 is 16.0. The van der Waals surface area contributed by atoms with Gasteiger partial charge in [0.25, 0.3) is 0 Å². The first kappa shape index (κ1) is 17.9. The topological polar surface area (TPSA) is 126 Å². The Morgan fingerprint density at radius 2 is 1.87 bits per heavy atom. The zero-order valence-corrected chi connectivity index (χ0v) is 13.2. The van der Waals surface area contributed by atoms with Crippen molar-refractivity contribution >= 4 is 5.97 Å². The predicted molar refractivity (Wildman–Crippen MR) is 76.6 cm³/mol. The molecule has 2 rings (SSSR count). The molecule has 8 heteroatoms. The van der Waals surface area contributed by atoms with Crippen LogP contribution >= 0.6 is 0 Å². The van der Waals surface area contributed by atoms with E-state index in [1.807, 2.05) is 0 Å². The fourth-order valence-electron chi connectivity index (χ4n) is 2.62. The van der Waals surface area contributed by atoms with Gasteiger partial charge in [0, 0.05) is 0 Å². The Morgan fingerprint density at radius 3 is 2.43 bits per heavy atom. The number of carbonyl (C=O) groups is 1. The molecule has 0 radical (unpaired) electrons. The van der Waals surface area contributed by atoms with Crippen molar-refractivity contribution in [1.29, 1.82) is 0 Å². The molecule has 1 saturated heterocycles. The molecule has 130 valence electrons. The van der Waals surface area contributed by atoms with E-state index in [2.05, 4.69) is 0 Å². The van der Waals surface area contributed by atoms with Gasteiger partial charge in [-0.05, 0) is 26.8 Å². The number of aliphatic hydroxyl groups is 4. The third kappa shape index (κ3) is 3.26. The van der Waals surface area contributed by atoms with Crippen molar-refractivity contribution in [2.24, 2.45) is 5.92 Å². The van der Waals surface area contributed by atoms with Gasteiger partial charge in [-0.2, -0.15) is 0 Å². The monoisotopic (exact) mass is 330 g/mol. The van der Waals surface area contributed by atoms with Gasteiger partial charge in [-0.3, -0.25) is 0 Å². The number of esters is 1. The van der Waals surface area contributed by atoms with E-state index in [4.69, 9.17) is 14.2 Å². The van der Waals surface area contributed by atoms with Gasteiger partial charge in [-0.1, -0.05) is 0 Å². The van der Waals surface area contributed by atoms with Crippen LogP contribution in [0.1, 0.15) is 20.8 Å². The van der Waals surface area contributed by atoms with Crippen molar-refractivity contribution in [3.8, 4) is 0 Å². The summed E-state index contributed by atoms with van der Waals surface area (Å²) in [4.78, 5) is 11.8. The molecular formula is C15H22O8. The molecule has 0 saturated carbocycles. The van der Waals surface area contributed by atoms with E-state index in [0.29, 0.717) is 5.76 Å². The van der Waals surface area contributed by atoms with E-state index in [9.17, 15) is 25.2 Å². The molecule has 2 aliphatic rings. The maximum atomic E-state index is 11.8. The summed E-state index contributed by atoms with van der Waals surface area (Å²) in [7, 11) is 0. The maximum absolute atomic E-state index is 11.8. The molecule has 6 atom stereocenters. The standard InChI is InChI=1S/C15H22O8/c1-4-8-6(2)13(7(3)14(20)21-8)23-15-12(19)11(18)10(17)9(5-16)22-15/h4,6,9-12,15-19H,5H2,1-3H3/t6-,9-,10-,11+,12-,15+/m1/s1. The Labute approximate surface area is 133 Å². The van der Waals surface area contributed by atoms with Crippen LogP contribution < -0.4 is 0 Å². The third-order valence-corrected chi connectivity index (χ3v) is 4.08. The fourth-order valence-corrected chi connectivity index (χ4v) is 2.62. The Hall–Kier alpha value is -1.45. The number of hydrogen-bond acceptors (Lipinski definition) is 8. The number of aliphatic hydroxyl groups excluding tert-OH is 4. The second-order valence-corrected chi connectivity index (χ2v) is 5.61. The summed E-state index contributed by atoms with van der Waals surface area (Å²) in [6.45, 7) is 4.43. The number of rotatable bonds is 3. The van der Waals surface area contributed by atoms with Gasteiger partial charge < -0.3 is 34.6 Å². The third-order valence-electron chi connectivity index (χ3n) is 4.08. The average molecular weight is 330 g/mol. The second-order valence-electron chi connectivity index (χ2n) is 5.61. The molecule has 2 heterocycles. The van der Waals surface area contributed by atoms with Crippen LogP contribution in [0.3, 0.4) is 0 Å². The van der Waals surface area contributed by atoms with Crippen molar-refractivity contribution in [3.05, 3.63) is 23.2 Å². The van der Waals surface area contributed by atoms with Crippen molar-refractivity contribution in [1.82, 2.24) is 0 Å². The second kappa shape index (κ2) is 6.98. The number of carbonyl (C=O) groups excluding carboxylic acids is 1. The number of cyclic esters (lactones) is 1. The highest BCUT2D eigenvalue weighted by Crippen LogP contribution is 2.34. The molecule has 0 aromatic rings. The molecule has 4 N–H and O–H groups in total. The Kier molecular flexibility index (Phi) is 5.43. The van der Waals surface area contributed by atoms with Crippen molar-refractivity contribution in [3.63, 3.8) is 0 Å². The largest absolute Gasteiger partial charge is 0.465 e. The first-order chi connectivity index (χ1) is 10.8. The van der Waals surface area contributed by atoms with Gasteiger partial charge in [0.05, 0.1) is 18.1 Å². The highest BCUT2D eigenvalue weighted by atomic mass is 16.7. The van der Waals surface area contributed by atoms with Crippen molar-refractivity contribution < 1.29 is 39.4 Å². The van der Waals surface area contributed by atoms with Crippen LogP contribution in [-0.2, 0) is 19.0 Å². The lowest BCUT2D eigenvalue weighted by molar-refractivity contribution is -0.293. The highest BCUT2D eigenvalue weighted by Gasteiger charge is 2.46. The first-order valence-corrected chi connectivity index (χ1v) is 7.38. The summed E-state index contributed by atoms with van der Waals surface area (Å²) in [5, 5.41) is 38.8. The van der Waals surface area contributed by atoms with Crippen LogP contribution in [0.4, 0.5) is 0 Å². The molecule has 0 amide bonds. The molecule has 0 bridgehead atoms. The van der Waals surface area contributed by atoms with E-state index in [-0.39, 0.29) is 17.3 Å². The molecule has 0 spiro atoms. The summed E-state index contributed by atoms with van der Waals surface area (Å²) in [5.41, 5.74) is 0.222. The summed E-state index contributed by atoms with van der Waals surface area (Å²) in [6.07, 6.45) is -5.32. The minimum absolute atomic E-state index is 0.222. The Balaban J connectivity index is 2.25. The molecule has 23 heavy (non-hydrogen) atoms. The predicted octanol–water partition coefficient (Wildman–Crippen LogP) is -0.826. The normalized spacial score (nSPS) is 40.3. The van der Waals surface area contributed by atoms with Crippen LogP contribution in [0, 0.1) is 5.92 Å². The van der Waals surface area contributed by atoms with Crippen molar-refractivity contribution in [2.45, 2.75) is 51.5 Å². The molecular weight excluding hydrogens is 308 g/mol. The van der Waals surface area contributed by atoms with E-state index < -0.39 is 43.3 Å².